The molecule has 13 heteroatoms. The molecule has 3 N–H and O–H groups in total. The second-order valence-corrected chi connectivity index (χ2v) is 7.58. The van der Waals surface area contributed by atoms with Crippen LogP contribution in [0, 0.1) is 0 Å². The molecule has 0 fully saturated rings. The fourth-order valence-electron chi connectivity index (χ4n) is 1.27. The van der Waals surface area contributed by atoms with Crippen LogP contribution in [0.1, 0.15) is 10.4 Å². The van der Waals surface area contributed by atoms with Gasteiger partial charge < -0.3 is 0 Å². The fourth-order valence-corrected chi connectivity index (χ4v) is 3.44. The Balaban J connectivity index is 4.11. The molecular formula is C7H6O10S3. The highest BCUT2D eigenvalue weighted by Crippen LogP contribution is 2.26. The van der Waals surface area contributed by atoms with Crippen LogP contribution in [0.25, 0.3) is 0 Å². The van der Waals surface area contributed by atoms with E-state index in [1.165, 1.54) is 0 Å². The zero-order valence-corrected chi connectivity index (χ0v) is 11.6. The van der Waals surface area contributed by atoms with E-state index < -0.39 is 50.6 Å². The quantitative estimate of drug-likeness (QED) is 0.463. The van der Waals surface area contributed by atoms with E-state index in [4.69, 9.17) is 13.7 Å². The minimum atomic E-state index is -5.19. The molecule has 0 aromatic heterocycles. The Kier molecular flexibility index (Phi) is 4.06. The predicted molar refractivity (Wildman–Crippen MR) is 61.3 cm³/mol. The first-order valence-corrected chi connectivity index (χ1v) is 8.66. The van der Waals surface area contributed by atoms with Gasteiger partial charge in [-0.2, -0.15) is 25.3 Å². The van der Waals surface area contributed by atoms with Crippen LogP contribution in [0.5, 0.6) is 0 Å². The highest BCUT2D eigenvalue weighted by Gasteiger charge is 2.28. The summed E-state index contributed by atoms with van der Waals surface area (Å²) in [6.07, 6.45) is -0.319. The summed E-state index contributed by atoms with van der Waals surface area (Å²) in [7, 11) is -15.4. The monoisotopic (exact) mass is 346 g/mol. The molecular weight excluding hydrogens is 340 g/mol. The van der Waals surface area contributed by atoms with E-state index in [1.807, 2.05) is 0 Å². The lowest BCUT2D eigenvalue weighted by molar-refractivity contribution is 0.111. The summed E-state index contributed by atoms with van der Waals surface area (Å²) in [5.41, 5.74) is -1.18. The van der Waals surface area contributed by atoms with E-state index in [2.05, 4.69) is 0 Å². The lowest BCUT2D eigenvalue weighted by Crippen LogP contribution is -2.12. The van der Waals surface area contributed by atoms with Gasteiger partial charge in [0.1, 0.15) is 9.79 Å². The smallest absolute Gasteiger partial charge is 0.295 e. The molecule has 112 valence electrons. The molecule has 1 rings (SSSR count). The Bertz CT molecular complexity index is 822. The van der Waals surface area contributed by atoms with Crippen LogP contribution in [0.3, 0.4) is 0 Å². The van der Waals surface area contributed by atoms with Gasteiger partial charge in [0, 0.05) is 0 Å². The van der Waals surface area contributed by atoms with Gasteiger partial charge in [-0.15, -0.1) is 0 Å². The van der Waals surface area contributed by atoms with Gasteiger partial charge in [-0.25, -0.2) is 0 Å². The van der Waals surface area contributed by atoms with Crippen molar-refractivity contribution in [2.24, 2.45) is 0 Å². The van der Waals surface area contributed by atoms with Crippen molar-refractivity contribution in [3.63, 3.8) is 0 Å². The molecule has 1 aromatic rings. The van der Waals surface area contributed by atoms with Crippen molar-refractivity contribution < 1.29 is 43.7 Å². The van der Waals surface area contributed by atoms with Gasteiger partial charge in [0.15, 0.2) is 6.29 Å². The Hall–Kier alpha value is -1.38. The number of hydrogen-bond acceptors (Lipinski definition) is 7. The molecule has 0 bridgehead atoms. The number of benzene rings is 1. The van der Waals surface area contributed by atoms with Crippen molar-refractivity contribution in [3.05, 3.63) is 17.7 Å². The number of hydrogen-bond donors (Lipinski definition) is 3. The van der Waals surface area contributed by atoms with Crippen molar-refractivity contribution in [3.8, 4) is 0 Å². The first-order chi connectivity index (χ1) is 8.78. The summed E-state index contributed by atoms with van der Waals surface area (Å²) < 4.78 is 92.3. The molecule has 0 saturated heterocycles. The van der Waals surface area contributed by atoms with Crippen molar-refractivity contribution in [1.82, 2.24) is 0 Å². The van der Waals surface area contributed by atoms with Gasteiger partial charge in [0.2, 0.25) is 0 Å². The Morgan fingerprint density at radius 1 is 0.750 bits per heavy atom. The highest BCUT2D eigenvalue weighted by molar-refractivity contribution is 7.87. The number of aldehydes is 1. The van der Waals surface area contributed by atoms with Gasteiger partial charge in [-0.3, -0.25) is 18.5 Å². The van der Waals surface area contributed by atoms with E-state index in [1.54, 1.807) is 0 Å². The third kappa shape index (κ3) is 3.38. The third-order valence-corrected chi connectivity index (χ3v) is 4.67. The maximum Gasteiger partial charge on any atom is 0.295 e. The Labute approximate surface area is 113 Å². The Morgan fingerprint density at radius 3 is 1.30 bits per heavy atom. The van der Waals surface area contributed by atoms with E-state index in [0.29, 0.717) is 0 Å². The minimum absolute atomic E-state index is 0.170. The van der Waals surface area contributed by atoms with E-state index in [9.17, 15) is 30.0 Å². The lowest BCUT2D eigenvalue weighted by Gasteiger charge is -2.08. The molecule has 0 amide bonds. The van der Waals surface area contributed by atoms with Crippen LogP contribution in [0.4, 0.5) is 0 Å². The van der Waals surface area contributed by atoms with Crippen molar-refractivity contribution in [2.45, 2.75) is 14.7 Å². The van der Waals surface area contributed by atoms with Gasteiger partial charge in [-0.1, -0.05) is 0 Å². The molecule has 0 atom stereocenters. The number of carbonyl (C=O) groups is 1. The molecule has 0 radical (unpaired) electrons. The topological polar surface area (TPSA) is 180 Å². The number of rotatable bonds is 4. The summed E-state index contributed by atoms with van der Waals surface area (Å²) in [6, 6.07) is 0.339. The van der Waals surface area contributed by atoms with Crippen LogP contribution in [-0.2, 0) is 30.4 Å². The van der Waals surface area contributed by atoms with Gasteiger partial charge in [0.25, 0.3) is 30.4 Å². The average molecular weight is 346 g/mol. The van der Waals surface area contributed by atoms with Crippen molar-refractivity contribution in [2.75, 3.05) is 0 Å². The van der Waals surface area contributed by atoms with Gasteiger partial charge in [-0.05, 0) is 12.1 Å². The molecule has 0 spiro atoms. The average Bonchev–Trinajstić information content (AvgIpc) is 2.23. The summed E-state index contributed by atoms with van der Waals surface area (Å²) in [6.45, 7) is 0. The lowest BCUT2D eigenvalue weighted by atomic mass is 10.2. The fraction of sp³-hybridized carbons (Fsp3) is 0. The maximum atomic E-state index is 11.0. The van der Waals surface area contributed by atoms with Crippen LogP contribution in [0.15, 0.2) is 26.8 Å². The largest absolute Gasteiger partial charge is 0.298 e. The zero-order chi connectivity index (χ0) is 15.9. The van der Waals surface area contributed by atoms with Gasteiger partial charge in [0.05, 0.1) is 10.5 Å². The van der Waals surface area contributed by atoms with Crippen molar-refractivity contribution >= 4 is 36.6 Å². The molecule has 1 aromatic carbocycles. The normalized spacial score (nSPS) is 13.2. The second kappa shape index (κ2) is 4.87. The predicted octanol–water partition coefficient (Wildman–Crippen LogP) is -0.761. The molecule has 0 saturated carbocycles. The molecule has 0 aliphatic rings. The van der Waals surface area contributed by atoms with Crippen LogP contribution >= 0.6 is 0 Å². The first-order valence-electron chi connectivity index (χ1n) is 4.34. The van der Waals surface area contributed by atoms with E-state index in [0.717, 1.165) is 0 Å². The molecule has 20 heavy (non-hydrogen) atoms. The zero-order valence-electron chi connectivity index (χ0n) is 9.16. The maximum absolute atomic E-state index is 11.0. The van der Waals surface area contributed by atoms with Crippen LogP contribution in [0.2, 0.25) is 0 Å². The molecule has 0 unspecified atom stereocenters. The first kappa shape index (κ1) is 16.7. The summed E-state index contributed by atoms with van der Waals surface area (Å²) in [5.74, 6) is 0. The standard InChI is InChI=1S/C7H6O10S3/c8-3-5-6(19(12,13)14)1-4(18(9,10)11)2-7(5)20(15,16)17/h1-3H,(H,9,10,11)(H,12,13,14)(H,15,16,17). The van der Waals surface area contributed by atoms with Crippen LogP contribution < -0.4 is 0 Å². The number of carbonyl (C=O) groups excluding carboxylic acids is 1. The summed E-state index contributed by atoms with van der Waals surface area (Å²) in [5, 5.41) is 0. The summed E-state index contributed by atoms with van der Waals surface area (Å²) in [4.78, 5) is 6.71. The van der Waals surface area contributed by atoms with E-state index in [-0.39, 0.29) is 18.4 Å². The van der Waals surface area contributed by atoms with Gasteiger partial charge >= 0.3 is 0 Å². The second-order valence-electron chi connectivity index (χ2n) is 3.38. The Morgan fingerprint density at radius 2 is 1.10 bits per heavy atom. The molecule has 0 heterocycles. The molecule has 10 nitrogen and oxygen atoms in total. The third-order valence-electron chi connectivity index (χ3n) is 2.05. The van der Waals surface area contributed by atoms with Crippen LogP contribution in [-0.4, -0.2) is 45.2 Å². The summed E-state index contributed by atoms with van der Waals surface area (Å²) >= 11 is 0. The SMILES string of the molecule is O=Cc1c(S(=O)(=O)O)cc(S(=O)(=O)O)cc1S(=O)(=O)O. The molecule has 0 aliphatic carbocycles. The molecule has 0 aliphatic heterocycles. The van der Waals surface area contributed by atoms with Crippen molar-refractivity contribution in [1.29, 1.82) is 0 Å². The highest BCUT2D eigenvalue weighted by atomic mass is 32.2. The minimum Gasteiger partial charge on any atom is -0.298 e. The van der Waals surface area contributed by atoms with E-state index >= 15 is 0 Å².